The second kappa shape index (κ2) is 5.53. The Bertz CT molecular complexity index is 774. The Morgan fingerprint density at radius 1 is 1.22 bits per heavy atom. The molecule has 1 fully saturated rings. The van der Waals surface area contributed by atoms with E-state index in [1.807, 2.05) is 12.1 Å². The number of fused-ring (bicyclic) bond motifs is 3. The van der Waals surface area contributed by atoms with E-state index in [2.05, 4.69) is 47.2 Å². The fourth-order valence-corrected chi connectivity index (χ4v) is 4.40. The van der Waals surface area contributed by atoms with E-state index >= 15 is 0 Å². The molecule has 0 saturated carbocycles. The number of anilines is 1. The van der Waals surface area contributed by atoms with Crippen LogP contribution in [0.2, 0.25) is 0 Å². The first kappa shape index (κ1) is 15.0. The highest BCUT2D eigenvalue weighted by Crippen LogP contribution is 2.51. The molecule has 4 rings (SSSR count). The van der Waals surface area contributed by atoms with Gasteiger partial charge in [-0.3, -0.25) is 0 Å². The molecule has 0 unspecified atom stereocenters. The zero-order chi connectivity index (χ0) is 16.1. The van der Waals surface area contributed by atoms with Crippen molar-refractivity contribution in [1.82, 2.24) is 0 Å². The van der Waals surface area contributed by atoms with E-state index in [1.165, 1.54) is 27.9 Å². The van der Waals surface area contributed by atoms with Crippen LogP contribution < -0.4 is 5.32 Å². The summed E-state index contributed by atoms with van der Waals surface area (Å²) < 4.78 is 6.83. The zero-order valence-electron chi connectivity index (χ0n) is 13.3. The van der Waals surface area contributed by atoms with Crippen LogP contribution in [0.25, 0.3) is 0 Å². The summed E-state index contributed by atoms with van der Waals surface area (Å²) in [5, 5.41) is 13.5. The first-order valence-corrected chi connectivity index (χ1v) is 8.81. The lowest BCUT2D eigenvalue weighted by Gasteiger charge is -2.37. The molecule has 0 aromatic heterocycles. The molecule has 0 aliphatic carbocycles. The van der Waals surface area contributed by atoms with Gasteiger partial charge in [0.1, 0.15) is 5.75 Å². The van der Waals surface area contributed by atoms with E-state index < -0.39 is 0 Å². The smallest absolute Gasteiger partial charge is 0.129 e. The Labute approximate surface area is 144 Å². The van der Waals surface area contributed by atoms with Gasteiger partial charge in [-0.2, -0.15) is 0 Å². The lowest BCUT2D eigenvalue weighted by molar-refractivity contribution is 0.0828. The molecule has 2 heterocycles. The van der Waals surface area contributed by atoms with E-state index in [4.69, 9.17) is 4.74 Å². The van der Waals surface area contributed by atoms with Crippen molar-refractivity contribution in [3.63, 3.8) is 0 Å². The topological polar surface area (TPSA) is 41.5 Å². The monoisotopic (exact) mass is 373 g/mol. The van der Waals surface area contributed by atoms with E-state index in [0.717, 1.165) is 17.5 Å². The Kier molecular flexibility index (Phi) is 3.62. The molecule has 2 N–H and O–H groups in total. The maximum Gasteiger partial charge on any atom is 0.129 e. The standard InChI is InChI=1S/C19H20BrNO2/c1-10-7-11(2)17-14(8-10)19-13(5-6-23-19)18(21-17)12-3-4-16(22)15(20)9-12/h3-4,7-9,13,18-19,21-22H,5-6H2,1-2H3/t13-,18-,19-/m0/s1. The summed E-state index contributed by atoms with van der Waals surface area (Å²) in [5.41, 5.74) is 6.22. The van der Waals surface area contributed by atoms with Crippen LogP contribution in [0.5, 0.6) is 5.75 Å². The molecule has 2 aromatic rings. The molecule has 1 saturated heterocycles. The predicted molar refractivity (Wildman–Crippen MR) is 94.9 cm³/mol. The van der Waals surface area contributed by atoms with Crippen molar-refractivity contribution in [3.05, 3.63) is 57.1 Å². The third kappa shape index (κ3) is 2.45. The average Bonchev–Trinajstić information content (AvgIpc) is 2.99. The minimum Gasteiger partial charge on any atom is -0.507 e. The van der Waals surface area contributed by atoms with Crippen LogP contribution in [0.1, 0.15) is 40.8 Å². The highest BCUT2D eigenvalue weighted by atomic mass is 79.9. The summed E-state index contributed by atoms with van der Waals surface area (Å²) in [5.74, 6) is 0.691. The number of benzene rings is 2. The minimum atomic E-state index is 0.155. The Balaban J connectivity index is 1.82. The number of nitrogens with one attached hydrogen (secondary N) is 1. The van der Waals surface area contributed by atoms with Crippen molar-refractivity contribution >= 4 is 21.6 Å². The van der Waals surface area contributed by atoms with Gasteiger partial charge in [-0.1, -0.05) is 23.8 Å². The van der Waals surface area contributed by atoms with Crippen LogP contribution >= 0.6 is 15.9 Å². The van der Waals surface area contributed by atoms with E-state index in [-0.39, 0.29) is 17.9 Å². The number of hydrogen-bond donors (Lipinski definition) is 2. The van der Waals surface area contributed by atoms with Gasteiger partial charge in [0.25, 0.3) is 0 Å². The summed E-state index contributed by atoms with van der Waals surface area (Å²) in [6.07, 6.45) is 1.20. The van der Waals surface area contributed by atoms with Gasteiger partial charge < -0.3 is 15.2 Å². The number of hydrogen-bond acceptors (Lipinski definition) is 3. The van der Waals surface area contributed by atoms with E-state index in [0.29, 0.717) is 5.92 Å². The molecule has 3 nitrogen and oxygen atoms in total. The lowest BCUT2D eigenvalue weighted by atomic mass is 9.80. The van der Waals surface area contributed by atoms with Crippen molar-refractivity contribution < 1.29 is 9.84 Å². The summed E-state index contributed by atoms with van der Waals surface area (Å²) in [6.45, 7) is 5.09. The highest BCUT2D eigenvalue weighted by molar-refractivity contribution is 9.10. The molecule has 4 heteroatoms. The third-order valence-corrected chi connectivity index (χ3v) is 5.65. The van der Waals surface area contributed by atoms with E-state index in [9.17, 15) is 5.11 Å². The fraction of sp³-hybridized carbons (Fsp3) is 0.368. The summed E-state index contributed by atoms with van der Waals surface area (Å²) in [7, 11) is 0. The molecule has 2 aliphatic heterocycles. The van der Waals surface area contributed by atoms with Crippen molar-refractivity contribution in [2.75, 3.05) is 11.9 Å². The van der Waals surface area contributed by atoms with E-state index in [1.54, 1.807) is 6.07 Å². The predicted octanol–water partition coefficient (Wildman–Crippen LogP) is 5.02. The number of halogens is 1. The molecule has 2 aliphatic rings. The van der Waals surface area contributed by atoms with Crippen LogP contribution in [0.4, 0.5) is 5.69 Å². The first-order chi connectivity index (χ1) is 11.0. The second-order valence-electron chi connectivity index (χ2n) is 6.62. The van der Waals surface area contributed by atoms with Gasteiger partial charge in [0.15, 0.2) is 0 Å². The van der Waals surface area contributed by atoms with Crippen molar-refractivity contribution in [1.29, 1.82) is 0 Å². The quantitative estimate of drug-likeness (QED) is 0.737. The molecule has 0 radical (unpaired) electrons. The summed E-state index contributed by atoms with van der Waals surface area (Å²) in [4.78, 5) is 0. The van der Waals surface area contributed by atoms with Crippen LogP contribution in [0.15, 0.2) is 34.8 Å². The molecule has 0 bridgehead atoms. The molecule has 3 atom stereocenters. The highest BCUT2D eigenvalue weighted by Gasteiger charge is 2.42. The fourth-order valence-electron chi connectivity index (χ4n) is 4.00. The number of aryl methyl sites for hydroxylation is 2. The Morgan fingerprint density at radius 2 is 2.04 bits per heavy atom. The number of phenolic OH excluding ortho intramolecular Hbond substituents is 1. The molecule has 0 amide bonds. The number of ether oxygens (including phenoxy) is 1. The van der Waals surface area contributed by atoms with Gasteiger partial charge in [-0.15, -0.1) is 0 Å². The Hall–Kier alpha value is -1.52. The van der Waals surface area contributed by atoms with Gasteiger partial charge >= 0.3 is 0 Å². The van der Waals surface area contributed by atoms with Gasteiger partial charge in [-0.25, -0.2) is 0 Å². The molecular weight excluding hydrogens is 354 g/mol. The van der Waals surface area contributed by atoms with Gasteiger partial charge in [0, 0.05) is 23.8 Å². The molecule has 2 aromatic carbocycles. The Morgan fingerprint density at radius 3 is 2.83 bits per heavy atom. The minimum absolute atomic E-state index is 0.155. The molecule has 0 spiro atoms. The van der Waals surface area contributed by atoms with Crippen molar-refractivity contribution in [3.8, 4) is 5.75 Å². The molecule has 23 heavy (non-hydrogen) atoms. The molecular formula is C19H20BrNO2. The largest absolute Gasteiger partial charge is 0.507 e. The maximum absolute atomic E-state index is 9.77. The zero-order valence-corrected chi connectivity index (χ0v) is 14.9. The van der Waals surface area contributed by atoms with Crippen LogP contribution in [0, 0.1) is 19.8 Å². The molecule has 120 valence electrons. The number of aromatic hydroxyl groups is 1. The van der Waals surface area contributed by atoms with Crippen LogP contribution in [-0.4, -0.2) is 11.7 Å². The average molecular weight is 374 g/mol. The van der Waals surface area contributed by atoms with Crippen molar-refractivity contribution in [2.24, 2.45) is 5.92 Å². The van der Waals surface area contributed by atoms with Gasteiger partial charge in [0.2, 0.25) is 0 Å². The second-order valence-corrected chi connectivity index (χ2v) is 7.48. The third-order valence-electron chi connectivity index (χ3n) is 5.01. The van der Waals surface area contributed by atoms with Gasteiger partial charge in [0.05, 0.1) is 16.6 Å². The van der Waals surface area contributed by atoms with Crippen LogP contribution in [0.3, 0.4) is 0 Å². The number of phenols is 1. The SMILES string of the molecule is Cc1cc(C)c2c(c1)[C@H]1OCC[C@H]1[C@H](c1ccc(O)c(Br)c1)N2. The van der Waals surface area contributed by atoms with Gasteiger partial charge in [-0.05, 0) is 59.5 Å². The van der Waals surface area contributed by atoms with Crippen molar-refractivity contribution in [2.45, 2.75) is 32.4 Å². The normalized spacial score (nSPS) is 25.6. The summed E-state index contributed by atoms with van der Waals surface area (Å²) >= 11 is 3.43. The lowest BCUT2D eigenvalue weighted by Crippen LogP contribution is -2.29. The number of rotatable bonds is 1. The van der Waals surface area contributed by atoms with Crippen LogP contribution in [-0.2, 0) is 4.74 Å². The maximum atomic E-state index is 9.77. The first-order valence-electron chi connectivity index (χ1n) is 8.02. The summed E-state index contributed by atoms with van der Waals surface area (Å²) in [6, 6.07) is 10.4.